The summed E-state index contributed by atoms with van der Waals surface area (Å²) in [6, 6.07) is 7.13. The molecule has 15 heavy (non-hydrogen) atoms. The molecule has 0 atom stereocenters. The van der Waals surface area contributed by atoms with E-state index in [0.29, 0.717) is 18.0 Å². The fraction of sp³-hybridized carbons (Fsp3) is 0.200. The summed E-state index contributed by atoms with van der Waals surface area (Å²) in [4.78, 5) is 10.4. The Morgan fingerprint density at radius 2 is 1.87 bits per heavy atom. The third-order valence-electron chi connectivity index (χ3n) is 1.71. The first kappa shape index (κ1) is 11.0. The second-order valence-electron chi connectivity index (χ2n) is 3.15. The molecule has 0 aromatic heterocycles. The highest BCUT2D eigenvalue weighted by Crippen LogP contribution is 2.11. The van der Waals surface area contributed by atoms with Crippen LogP contribution in [0.25, 0.3) is 0 Å². The van der Waals surface area contributed by atoms with Crippen LogP contribution in [0, 0.1) is 0 Å². The van der Waals surface area contributed by atoms with Crippen LogP contribution in [-0.4, -0.2) is 18.3 Å². The van der Waals surface area contributed by atoms with E-state index in [4.69, 9.17) is 21.6 Å². The van der Waals surface area contributed by atoms with Crippen LogP contribution >= 0.6 is 0 Å². The van der Waals surface area contributed by atoms with Crippen LogP contribution in [0.15, 0.2) is 24.3 Å². The van der Waals surface area contributed by atoms with Gasteiger partial charge in [-0.3, -0.25) is 15.9 Å². The first-order valence-electron chi connectivity index (χ1n) is 4.44. The molecule has 0 aliphatic carbocycles. The molecule has 1 aromatic carbocycles. The number of hydrogen-bond donors (Lipinski definition) is 3. The molecule has 0 radical (unpaired) electrons. The minimum Gasteiger partial charge on any atom is -0.484 e. The molecule has 5 nitrogen and oxygen atoms in total. The standard InChI is InChI=1S/C10H13N3O2/c11-9(12)5-7-1-3-8(4-2-7)15-6-10(13)14/h1-4H,5-6H2,(H3,11,12)(H2,13,14)/p+1. The van der Waals surface area contributed by atoms with E-state index in [2.05, 4.69) is 0 Å². The second-order valence-corrected chi connectivity index (χ2v) is 3.15. The molecular weight excluding hydrogens is 194 g/mol. The van der Waals surface area contributed by atoms with E-state index in [1.807, 2.05) is 12.1 Å². The molecule has 1 rings (SSSR count). The minimum absolute atomic E-state index is 0.121. The average molecular weight is 208 g/mol. The smallest absolute Gasteiger partial charge is 0.255 e. The van der Waals surface area contributed by atoms with E-state index >= 15 is 0 Å². The van der Waals surface area contributed by atoms with Gasteiger partial charge in [0.25, 0.3) is 5.91 Å². The average Bonchev–Trinajstić information content (AvgIpc) is 2.16. The van der Waals surface area contributed by atoms with Crippen LogP contribution in [0.3, 0.4) is 0 Å². The monoisotopic (exact) mass is 208 g/mol. The van der Waals surface area contributed by atoms with Gasteiger partial charge in [0.15, 0.2) is 6.61 Å². The van der Waals surface area contributed by atoms with Gasteiger partial charge in [-0.2, -0.15) is 0 Å². The van der Waals surface area contributed by atoms with E-state index in [-0.39, 0.29) is 6.61 Å². The summed E-state index contributed by atoms with van der Waals surface area (Å²) in [5.74, 6) is 0.451. The van der Waals surface area contributed by atoms with Crippen molar-refractivity contribution in [3.05, 3.63) is 29.8 Å². The van der Waals surface area contributed by atoms with E-state index in [0.717, 1.165) is 5.56 Å². The van der Waals surface area contributed by atoms with E-state index in [1.54, 1.807) is 12.1 Å². The number of carbonyl (C=O) groups excluding carboxylic acids is 1. The number of amides is 1. The zero-order valence-electron chi connectivity index (χ0n) is 8.27. The Hall–Kier alpha value is -2.04. The third-order valence-corrected chi connectivity index (χ3v) is 1.71. The number of primary amides is 1. The number of amidine groups is 1. The van der Waals surface area contributed by atoms with Crippen molar-refractivity contribution in [1.29, 1.82) is 0 Å². The number of rotatable bonds is 5. The van der Waals surface area contributed by atoms with Gasteiger partial charge < -0.3 is 10.5 Å². The molecule has 1 amide bonds. The summed E-state index contributed by atoms with van der Waals surface area (Å²) >= 11 is 0. The Kier molecular flexibility index (Phi) is 3.68. The quantitative estimate of drug-likeness (QED) is 0.393. The van der Waals surface area contributed by atoms with Gasteiger partial charge in [0.05, 0.1) is 6.42 Å². The Bertz CT molecular complexity index is 359. The molecule has 0 spiro atoms. The Morgan fingerprint density at radius 1 is 1.27 bits per heavy atom. The van der Waals surface area contributed by atoms with Crippen molar-refractivity contribution in [1.82, 2.24) is 0 Å². The predicted octanol–water partition coefficient (Wildman–Crippen LogP) is -1.79. The van der Waals surface area contributed by atoms with Crippen molar-refractivity contribution in [2.24, 2.45) is 11.5 Å². The van der Waals surface area contributed by atoms with Crippen molar-refractivity contribution < 1.29 is 14.9 Å². The fourth-order valence-corrected chi connectivity index (χ4v) is 1.09. The lowest BCUT2D eigenvalue weighted by Gasteiger charge is -2.03. The normalized spacial score (nSPS) is 9.60. The molecule has 0 bridgehead atoms. The number of nitrogens with two attached hydrogens (primary N) is 3. The zero-order chi connectivity index (χ0) is 11.3. The van der Waals surface area contributed by atoms with Crippen LogP contribution < -0.4 is 21.6 Å². The van der Waals surface area contributed by atoms with Gasteiger partial charge >= 0.3 is 0 Å². The van der Waals surface area contributed by atoms with Crippen molar-refractivity contribution >= 4 is 11.7 Å². The largest absolute Gasteiger partial charge is 0.484 e. The van der Waals surface area contributed by atoms with Gasteiger partial charge in [0.1, 0.15) is 5.75 Å². The molecule has 1 aromatic rings. The van der Waals surface area contributed by atoms with Crippen LogP contribution in [0.5, 0.6) is 5.75 Å². The summed E-state index contributed by atoms with van der Waals surface area (Å²) in [6.45, 7) is -0.121. The van der Waals surface area contributed by atoms with Crippen LogP contribution in [-0.2, 0) is 11.2 Å². The van der Waals surface area contributed by atoms with Crippen LogP contribution in [0.4, 0.5) is 0 Å². The Labute approximate surface area is 87.5 Å². The van der Waals surface area contributed by atoms with Crippen LogP contribution in [0.2, 0.25) is 0 Å². The highest BCUT2D eigenvalue weighted by molar-refractivity contribution is 5.76. The Balaban J connectivity index is 2.56. The fourth-order valence-electron chi connectivity index (χ4n) is 1.09. The van der Waals surface area contributed by atoms with Gasteiger partial charge in [-0.25, -0.2) is 0 Å². The summed E-state index contributed by atoms with van der Waals surface area (Å²) in [5.41, 5.74) is 11.3. The molecule has 0 fully saturated rings. The number of carbonyl (C=O) groups is 1. The highest BCUT2D eigenvalue weighted by Gasteiger charge is 2.01. The maximum Gasteiger partial charge on any atom is 0.255 e. The number of ether oxygens (including phenoxy) is 1. The van der Waals surface area contributed by atoms with Crippen molar-refractivity contribution in [3.63, 3.8) is 0 Å². The SMILES string of the molecule is NC(=[NH2+])Cc1ccc(OCC(N)=O)cc1. The predicted molar refractivity (Wildman–Crippen MR) is 56.0 cm³/mol. The molecule has 5 heteroatoms. The van der Waals surface area contributed by atoms with Crippen molar-refractivity contribution in [2.75, 3.05) is 6.61 Å². The number of hydrogen-bond acceptors (Lipinski definition) is 2. The third kappa shape index (κ3) is 4.12. The summed E-state index contributed by atoms with van der Waals surface area (Å²) in [6.07, 6.45) is 0.524. The molecule has 80 valence electrons. The summed E-state index contributed by atoms with van der Waals surface area (Å²) in [5, 5.41) is 5.36. The van der Waals surface area contributed by atoms with E-state index in [1.165, 1.54) is 0 Å². The minimum atomic E-state index is -0.501. The van der Waals surface area contributed by atoms with E-state index in [9.17, 15) is 4.79 Å². The first-order chi connectivity index (χ1) is 7.08. The molecule has 6 N–H and O–H groups in total. The lowest BCUT2D eigenvalue weighted by Crippen LogP contribution is -2.46. The molecule has 0 aliphatic rings. The second kappa shape index (κ2) is 4.99. The molecule has 0 aliphatic heterocycles. The first-order valence-corrected chi connectivity index (χ1v) is 4.44. The van der Waals surface area contributed by atoms with E-state index < -0.39 is 5.91 Å². The van der Waals surface area contributed by atoms with Crippen molar-refractivity contribution in [3.8, 4) is 5.75 Å². The lowest BCUT2D eigenvalue weighted by molar-refractivity contribution is -0.120. The molecule has 0 unspecified atom stereocenters. The maximum atomic E-state index is 10.4. The highest BCUT2D eigenvalue weighted by atomic mass is 16.5. The van der Waals surface area contributed by atoms with Crippen LogP contribution in [0.1, 0.15) is 5.56 Å². The molecule has 0 heterocycles. The van der Waals surface area contributed by atoms with Crippen molar-refractivity contribution in [2.45, 2.75) is 6.42 Å². The zero-order valence-corrected chi connectivity index (χ0v) is 8.27. The lowest BCUT2D eigenvalue weighted by atomic mass is 10.1. The molecule has 0 saturated carbocycles. The Morgan fingerprint density at radius 3 is 2.33 bits per heavy atom. The van der Waals surface area contributed by atoms with Gasteiger partial charge in [-0.1, -0.05) is 12.1 Å². The maximum absolute atomic E-state index is 10.4. The van der Waals surface area contributed by atoms with Gasteiger partial charge in [-0.15, -0.1) is 0 Å². The van der Waals surface area contributed by atoms with Gasteiger partial charge in [-0.05, 0) is 17.7 Å². The topological polar surface area (TPSA) is 104 Å². The molecular formula is C10H14N3O2+. The molecule has 0 saturated heterocycles. The summed E-state index contributed by atoms with van der Waals surface area (Å²) < 4.78 is 5.08. The van der Waals surface area contributed by atoms with Gasteiger partial charge in [0.2, 0.25) is 5.84 Å². The van der Waals surface area contributed by atoms with Gasteiger partial charge in [0, 0.05) is 0 Å². The summed E-state index contributed by atoms with van der Waals surface area (Å²) in [7, 11) is 0. The number of benzene rings is 1.